The fourth-order valence-corrected chi connectivity index (χ4v) is 4.58. The maximum Gasteiger partial charge on any atom is 0.115 e. The first kappa shape index (κ1) is 19.4. The van der Waals surface area contributed by atoms with Crippen molar-refractivity contribution < 1.29 is 9.84 Å². The van der Waals surface area contributed by atoms with E-state index in [0.29, 0.717) is 17.8 Å². The van der Waals surface area contributed by atoms with E-state index in [1.54, 1.807) is 6.07 Å². The maximum absolute atomic E-state index is 9.74. The fourth-order valence-electron chi connectivity index (χ4n) is 4.58. The normalized spacial score (nSPS) is 22.8. The molecule has 150 valence electrons. The van der Waals surface area contributed by atoms with E-state index >= 15 is 0 Å². The summed E-state index contributed by atoms with van der Waals surface area (Å²) in [4.78, 5) is 5.11. The van der Waals surface area contributed by atoms with Crippen molar-refractivity contribution in [1.82, 2.24) is 9.80 Å². The van der Waals surface area contributed by atoms with Gasteiger partial charge in [-0.25, -0.2) is 0 Å². The molecule has 2 aromatic carbocycles. The molecule has 0 saturated carbocycles. The zero-order valence-corrected chi connectivity index (χ0v) is 16.7. The van der Waals surface area contributed by atoms with E-state index in [9.17, 15) is 5.11 Å². The number of piperidine rings is 1. The van der Waals surface area contributed by atoms with Gasteiger partial charge >= 0.3 is 0 Å². The summed E-state index contributed by atoms with van der Waals surface area (Å²) in [5.74, 6) is 0.943. The van der Waals surface area contributed by atoms with Crippen LogP contribution >= 0.6 is 0 Å². The average molecular weight is 381 g/mol. The predicted octanol–water partition coefficient (Wildman–Crippen LogP) is 3.86. The summed E-state index contributed by atoms with van der Waals surface area (Å²) in [7, 11) is 0. The molecule has 0 spiro atoms. The molecule has 2 aromatic rings. The van der Waals surface area contributed by atoms with E-state index in [4.69, 9.17) is 4.74 Å². The van der Waals surface area contributed by atoms with E-state index in [0.717, 1.165) is 65.1 Å². The van der Waals surface area contributed by atoms with Gasteiger partial charge in [0.15, 0.2) is 0 Å². The second kappa shape index (κ2) is 9.55. The van der Waals surface area contributed by atoms with Crippen LogP contribution in [0.5, 0.6) is 5.75 Å². The summed E-state index contributed by atoms with van der Waals surface area (Å²) in [5.41, 5.74) is 2.66. The lowest BCUT2D eigenvalue weighted by Gasteiger charge is -2.35. The number of nitrogens with zero attached hydrogens (tertiary/aromatic N) is 2. The van der Waals surface area contributed by atoms with Gasteiger partial charge in [0.05, 0.1) is 6.10 Å². The molecular formula is C24H32N2O2. The molecule has 2 saturated heterocycles. The lowest BCUT2D eigenvalue weighted by Crippen LogP contribution is -2.43. The van der Waals surface area contributed by atoms with Crippen LogP contribution in [-0.2, 0) is 11.3 Å². The SMILES string of the molecule is Oc1cccc(C2CCN(CC3CN(Cc4ccccc4)CCCO3)CC2)c1. The van der Waals surface area contributed by atoms with Crippen molar-refractivity contribution in [3.63, 3.8) is 0 Å². The summed E-state index contributed by atoms with van der Waals surface area (Å²) >= 11 is 0. The highest BCUT2D eigenvalue weighted by Crippen LogP contribution is 2.30. The molecular weight excluding hydrogens is 348 g/mol. The maximum atomic E-state index is 9.74. The average Bonchev–Trinajstić information content (AvgIpc) is 2.94. The van der Waals surface area contributed by atoms with Crippen LogP contribution in [0.25, 0.3) is 0 Å². The van der Waals surface area contributed by atoms with E-state index < -0.39 is 0 Å². The van der Waals surface area contributed by atoms with Gasteiger partial charge in [-0.3, -0.25) is 4.90 Å². The van der Waals surface area contributed by atoms with Crippen molar-refractivity contribution in [2.24, 2.45) is 0 Å². The van der Waals surface area contributed by atoms with Gasteiger partial charge in [-0.05, 0) is 61.5 Å². The van der Waals surface area contributed by atoms with Crippen LogP contribution in [0, 0.1) is 0 Å². The predicted molar refractivity (Wildman–Crippen MR) is 113 cm³/mol. The first-order chi connectivity index (χ1) is 13.8. The molecule has 2 heterocycles. The van der Waals surface area contributed by atoms with Gasteiger partial charge in [-0.1, -0.05) is 42.5 Å². The molecule has 4 nitrogen and oxygen atoms in total. The van der Waals surface area contributed by atoms with Gasteiger partial charge in [0.25, 0.3) is 0 Å². The number of likely N-dealkylation sites (tertiary alicyclic amines) is 1. The third kappa shape index (κ3) is 5.34. The number of rotatable bonds is 5. The molecule has 2 fully saturated rings. The monoisotopic (exact) mass is 380 g/mol. The number of aromatic hydroxyl groups is 1. The molecule has 4 heteroatoms. The van der Waals surface area contributed by atoms with Crippen molar-refractivity contribution in [1.29, 1.82) is 0 Å². The molecule has 0 radical (unpaired) electrons. The van der Waals surface area contributed by atoms with Crippen molar-refractivity contribution in [3.05, 3.63) is 65.7 Å². The minimum absolute atomic E-state index is 0.295. The second-order valence-corrected chi connectivity index (χ2v) is 8.24. The molecule has 0 aliphatic carbocycles. The van der Waals surface area contributed by atoms with E-state index in [1.807, 2.05) is 12.1 Å². The quantitative estimate of drug-likeness (QED) is 0.854. The van der Waals surface area contributed by atoms with Crippen LogP contribution in [0.15, 0.2) is 54.6 Å². The molecule has 1 atom stereocenters. The third-order valence-corrected chi connectivity index (χ3v) is 6.07. The number of benzene rings is 2. The molecule has 0 amide bonds. The molecule has 2 aliphatic heterocycles. The number of phenolic OH excluding ortho intramolecular Hbond substituents is 1. The lowest BCUT2D eigenvalue weighted by molar-refractivity contribution is 0.0203. The Hall–Kier alpha value is -1.88. The van der Waals surface area contributed by atoms with Crippen LogP contribution in [0.4, 0.5) is 0 Å². The Balaban J connectivity index is 1.28. The molecule has 28 heavy (non-hydrogen) atoms. The zero-order chi connectivity index (χ0) is 19.2. The first-order valence-corrected chi connectivity index (χ1v) is 10.7. The Morgan fingerprint density at radius 1 is 0.929 bits per heavy atom. The van der Waals surface area contributed by atoms with Crippen molar-refractivity contribution in [3.8, 4) is 5.75 Å². The van der Waals surface area contributed by atoms with Crippen molar-refractivity contribution in [2.45, 2.75) is 37.8 Å². The van der Waals surface area contributed by atoms with Gasteiger partial charge in [-0.15, -0.1) is 0 Å². The van der Waals surface area contributed by atoms with Crippen LogP contribution in [0.3, 0.4) is 0 Å². The summed E-state index contributed by atoms with van der Waals surface area (Å²) in [6, 6.07) is 18.5. The minimum atomic E-state index is 0.295. The number of hydrogen-bond donors (Lipinski definition) is 1. The van der Waals surface area contributed by atoms with Crippen LogP contribution in [0.1, 0.15) is 36.3 Å². The molecule has 0 bridgehead atoms. The number of hydrogen-bond acceptors (Lipinski definition) is 4. The van der Waals surface area contributed by atoms with Crippen molar-refractivity contribution >= 4 is 0 Å². The minimum Gasteiger partial charge on any atom is -0.508 e. The third-order valence-electron chi connectivity index (χ3n) is 6.07. The second-order valence-electron chi connectivity index (χ2n) is 8.24. The van der Waals surface area contributed by atoms with Gasteiger partial charge < -0.3 is 14.7 Å². The Morgan fingerprint density at radius 3 is 2.54 bits per heavy atom. The Kier molecular flexibility index (Phi) is 6.63. The summed E-state index contributed by atoms with van der Waals surface area (Å²) in [5, 5.41) is 9.74. The summed E-state index contributed by atoms with van der Waals surface area (Å²) in [6.45, 7) is 7.26. The van der Waals surface area contributed by atoms with Gasteiger partial charge in [0, 0.05) is 32.8 Å². The number of ether oxygens (including phenoxy) is 1. The Labute approximate surface area is 168 Å². The van der Waals surface area contributed by atoms with Crippen molar-refractivity contribution in [2.75, 3.05) is 39.3 Å². The molecule has 1 unspecified atom stereocenters. The fraction of sp³-hybridized carbons (Fsp3) is 0.500. The smallest absolute Gasteiger partial charge is 0.115 e. The summed E-state index contributed by atoms with van der Waals surface area (Å²) in [6.07, 6.45) is 3.72. The zero-order valence-electron chi connectivity index (χ0n) is 16.7. The van der Waals surface area contributed by atoms with E-state index in [2.05, 4.69) is 46.2 Å². The largest absolute Gasteiger partial charge is 0.508 e. The summed E-state index contributed by atoms with van der Waals surface area (Å²) < 4.78 is 6.18. The molecule has 1 N–H and O–H groups in total. The van der Waals surface area contributed by atoms with Crippen LogP contribution in [-0.4, -0.2) is 60.3 Å². The lowest BCUT2D eigenvalue weighted by atomic mass is 9.89. The highest BCUT2D eigenvalue weighted by molar-refractivity contribution is 5.30. The van der Waals surface area contributed by atoms with Gasteiger partial charge in [0.2, 0.25) is 0 Å². The highest BCUT2D eigenvalue weighted by Gasteiger charge is 2.25. The molecule has 4 rings (SSSR count). The van der Waals surface area contributed by atoms with E-state index in [1.165, 1.54) is 11.1 Å². The van der Waals surface area contributed by atoms with Crippen LogP contribution < -0.4 is 0 Å². The molecule has 0 aromatic heterocycles. The Morgan fingerprint density at radius 2 is 1.75 bits per heavy atom. The highest BCUT2D eigenvalue weighted by atomic mass is 16.5. The van der Waals surface area contributed by atoms with E-state index in [-0.39, 0.29) is 0 Å². The number of phenols is 1. The van der Waals surface area contributed by atoms with Gasteiger partial charge in [-0.2, -0.15) is 0 Å². The molecule has 2 aliphatic rings. The van der Waals surface area contributed by atoms with Gasteiger partial charge in [0.1, 0.15) is 5.75 Å². The first-order valence-electron chi connectivity index (χ1n) is 10.7. The Bertz CT molecular complexity index is 728. The topological polar surface area (TPSA) is 35.9 Å². The standard InChI is InChI=1S/C24H32N2O2/c27-23-9-4-8-22(16-23)21-10-13-25(14-11-21)18-24-19-26(12-5-15-28-24)17-20-6-2-1-3-7-20/h1-4,6-9,16,21,24,27H,5,10-15,17-19H2. The van der Waals surface area contributed by atoms with Crippen LogP contribution in [0.2, 0.25) is 0 Å².